The third kappa shape index (κ3) is 1.98. The van der Waals surface area contributed by atoms with Gasteiger partial charge in [0, 0.05) is 12.1 Å². The minimum Gasteiger partial charge on any atom is -0.504 e. The molecule has 3 N–H and O–H groups in total. The first-order valence-corrected chi connectivity index (χ1v) is 5.46. The van der Waals surface area contributed by atoms with Crippen LogP contribution in [-0.2, 0) is 6.54 Å². The zero-order valence-electron chi connectivity index (χ0n) is 8.67. The molecule has 0 unspecified atom stereocenters. The third-order valence-corrected chi connectivity index (χ3v) is 3.06. The van der Waals surface area contributed by atoms with Crippen LogP contribution in [0.4, 0.5) is 0 Å². The second kappa shape index (κ2) is 4.46. The molecule has 0 bridgehead atoms. The lowest BCUT2D eigenvalue weighted by Gasteiger charge is -2.03. The Morgan fingerprint density at radius 2 is 2.25 bits per heavy atom. The smallest absolute Gasteiger partial charge is 0.160 e. The summed E-state index contributed by atoms with van der Waals surface area (Å²) in [4.78, 5) is 0. The van der Waals surface area contributed by atoms with E-state index in [1.807, 2.05) is 6.07 Å². The van der Waals surface area contributed by atoms with Crippen molar-refractivity contribution in [2.24, 2.45) is 5.73 Å². The largest absolute Gasteiger partial charge is 0.504 e. The van der Waals surface area contributed by atoms with Crippen LogP contribution >= 0.6 is 11.3 Å². The fraction of sp³-hybridized carbons (Fsp3) is 0.200. The summed E-state index contributed by atoms with van der Waals surface area (Å²) in [5.41, 5.74) is 6.26. The second-order valence-electron chi connectivity index (χ2n) is 3.09. The lowest BCUT2D eigenvalue weighted by Crippen LogP contribution is -1.94. The Morgan fingerprint density at radius 1 is 1.44 bits per heavy atom. The van der Waals surface area contributed by atoms with Crippen LogP contribution in [0.5, 0.6) is 11.5 Å². The van der Waals surface area contributed by atoms with E-state index in [4.69, 9.17) is 10.5 Å². The van der Waals surface area contributed by atoms with E-state index < -0.39 is 0 Å². The zero-order valence-corrected chi connectivity index (χ0v) is 9.49. The molecule has 0 saturated carbocycles. The summed E-state index contributed by atoms with van der Waals surface area (Å²) in [6.07, 6.45) is 0. The first-order chi connectivity index (χ1) is 7.74. The van der Waals surface area contributed by atoms with Gasteiger partial charge in [-0.15, -0.1) is 10.2 Å². The fourth-order valence-corrected chi connectivity index (χ4v) is 1.99. The maximum absolute atomic E-state index is 9.62. The molecule has 0 fully saturated rings. The maximum Gasteiger partial charge on any atom is 0.160 e. The predicted molar refractivity (Wildman–Crippen MR) is 61.5 cm³/mol. The van der Waals surface area contributed by atoms with E-state index in [0.717, 1.165) is 15.6 Å². The molecule has 0 amide bonds. The van der Waals surface area contributed by atoms with E-state index in [2.05, 4.69) is 10.2 Å². The first-order valence-electron chi connectivity index (χ1n) is 4.64. The number of hydrogen-bond donors (Lipinski definition) is 2. The lowest BCUT2D eigenvalue weighted by atomic mass is 10.2. The standard InChI is InChI=1S/C10H11N3O2S/c1-15-8-3-2-6(4-7(8)14)10-13-12-9(5-11)16-10/h2-4,14H,5,11H2,1H3. The molecule has 0 radical (unpaired) electrons. The Bertz CT molecular complexity index is 499. The van der Waals surface area contributed by atoms with Gasteiger partial charge < -0.3 is 15.6 Å². The van der Waals surface area contributed by atoms with Crippen LogP contribution in [0.25, 0.3) is 10.6 Å². The van der Waals surface area contributed by atoms with Crippen LogP contribution in [-0.4, -0.2) is 22.4 Å². The topological polar surface area (TPSA) is 81.3 Å². The number of phenolic OH excluding ortho intramolecular Hbond substituents is 1. The van der Waals surface area contributed by atoms with Gasteiger partial charge in [-0.3, -0.25) is 0 Å². The lowest BCUT2D eigenvalue weighted by molar-refractivity contribution is 0.373. The monoisotopic (exact) mass is 237 g/mol. The van der Waals surface area contributed by atoms with Gasteiger partial charge in [-0.25, -0.2) is 0 Å². The summed E-state index contributed by atoms with van der Waals surface area (Å²) >= 11 is 1.41. The number of nitrogens with two attached hydrogens (primary N) is 1. The molecule has 1 aromatic carbocycles. The van der Waals surface area contributed by atoms with E-state index in [1.165, 1.54) is 18.4 Å². The van der Waals surface area contributed by atoms with Crippen molar-refractivity contribution in [1.82, 2.24) is 10.2 Å². The third-order valence-electron chi connectivity index (χ3n) is 2.07. The van der Waals surface area contributed by atoms with Crippen molar-refractivity contribution in [2.45, 2.75) is 6.54 Å². The van der Waals surface area contributed by atoms with Crippen molar-refractivity contribution in [3.05, 3.63) is 23.2 Å². The van der Waals surface area contributed by atoms with Gasteiger partial charge in [0.15, 0.2) is 11.5 Å². The van der Waals surface area contributed by atoms with Gasteiger partial charge in [0.05, 0.1) is 7.11 Å². The summed E-state index contributed by atoms with van der Waals surface area (Å²) in [6, 6.07) is 5.10. The Labute approximate surface area is 96.5 Å². The molecule has 1 aromatic heterocycles. The average molecular weight is 237 g/mol. The number of methoxy groups -OCH3 is 1. The summed E-state index contributed by atoms with van der Waals surface area (Å²) in [5, 5.41) is 19.0. The molecule has 16 heavy (non-hydrogen) atoms. The normalized spacial score (nSPS) is 10.4. The minimum absolute atomic E-state index is 0.0875. The van der Waals surface area contributed by atoms with Crippen molar-refractivity contribution in [3.8, 4) is 22.1 Å². The van der Waals surface area contributed by atoms with E-state index >= 15 is 0 Å². The number of hydrogen-bond acceptors (Lipinski definition) is 6. The SMILES string of the molecule is COc1ccc(-c2nnc(CN)s2)cc1O. The number of benzene rings is 1. The van der Waals surface area contributed by atoms with Crippen molar-refractivity contribution < 1.29 is 9.84 Å². The number of ether oxygens (including phenoxy) is 1. The molecule has 0 atom stereocenters. The second-order valence-corrected chi connectivity index (χ2v) is 4.15. The van der Waals surface area contributed by atoms with Crippen LogP contribution in [0.15, 0.2) is 18.2 Å². The van der Waals surface area contributed by atoms with E-state index in [1.54, 1.807) is 12.1 Å². The molecule has 5 nitrogen and oxygen atoms in total. The Balaban J connectivity index is 2.37. The van der Waals surface area contributed by atoms with E-state index in [0.29, 0.717) is 12.3 Å². The quantitative estimate of drug-likeness (QED) is 0.842. The molecule has 0 spiro atoms. The van der Waals surface area contributed by atoms with Gasteiger partial charge >= 0.3 is 0 Å². The summed E-state index contributed by atoms with van der Waals surface area (Å²) in [6.45, 7) is 0.375. The summed E-state index contributed by atoms with van der Waals surface area (Å²) in [5.74, 6) is 0.525. The molecule has 2 aromatic rings. The predicted octanol–water partition coefficient (Wildman–Crippen LogP) is 1.38. The maximum atomic E-state index is 9.62. The van der Waals surface area contributed by atoms with Crippen LogP contribution in [0.3, 0.4) is 0 Å². The zero-order chi connectivity index (χ0) is 11.5. The highest BCUT2D eigenvalue weighted by atomic mass is 32.1. The molecule has 0 saturated heterocycles. The average Bonchev–Trinajstić information content (AvgIpc) is 2.77. The molecular weight excluding hydrogens is 226 g/mol. The molecule has 6 heteroatoms. The highest BCUT2D eigenvalue weighted by Gasteiger charge is 2.08. The van der Waals surface area contributed by atoms with E-state index in [-0.39, 0.29) is 5.75 Å². The van der Waals surface area contributed by atoms with Crippen LogP contribution < -0.4 is 10.5 Å². The number of rotatable bonds is 3. The van der Waals surface area contributed by atoms with Crippen molar-refractivity contribution >= 4 is 11.3 Å². The highest BCUT2D eigenvalue weighted by molar-refractivity contribution is 7.14. The Morgan fingerprint density at radius 3 is 2.81 bits per heavy atom. The fourth-order valence-electron chi connectivity index (χ4n) is 1.28. The van der Waals surface area contributed by atoms with Gasteiger partial charge in [0.25, 0.3) is 0 Å². The van der Waals surface area contributed by atoms with Gasteiger partial charge in [0.1, 0.15) is 10.0 Å². The minimum atomic E-state index is 0.0875. The molecule has 84 valence electrons. The van der Waals surface area contributed by atoms with Crippen molar-refractivity contribution in [3.63, 3.8) is 0 Å². The molecule has 2 rings (SSSR count). The summed E-state index contributed by atoms with van der Waals surface area (Å²) < 4.78 is 4.96. The molecule has 1 heterocycles. The van der Waals surface area contributed by atoms with Crippen LogP contribution in [0, 0.1) is 0 Å². The van der Waals surface area contributed by atoms with Gasteiger partial charge in [-0.1, -0.05) is 11.3 Å². The van der Waals surface area contributed by atoms with Crippen molar-refractivity contribution in [1.29, 1.82) is 0 Å². The molecule has 0 aliphatic carbocycles. The Kier molecular flexibility index (Phi) is 3.02. The van der Waals surface area contributed by atoms with Crippen LogP contribution in [0.2, 0.25) is 0 Å². The van der Waals surface area contributed by atoms with Crippen LogP contribution in [0.1, 0.15) is 5.01 Å². The number of nitrogens with zero attached hydrogens (tertiary/aromatic N) is 2. The molecule has 0 aliphatic heterocycles. The van der Waals surface area contributed by atoms with Crippen molar-refractivity contribution in [2.75, 3.05) is 7.11 Å². The van der Waals surface area contributed by atoms with Gasteiger partial charge in [-0.2, -0.15) is 0 Å². The van der Waals surface area contributed by atoms with Gasteiger partial charge in [0.2, 0.25) is 0 Å². The first kappa shape index (κ1) is 10.8. The van der Waals surface area contributed by atoms with Gasteiger partial charge in [-0.05, 0) is 18.2 Å². The number of phenols is 1. The number of aromatic hydroxyl groups is 1. The number of aromatic nitrogens is 2. The Hall–Kier alpha value is -1.66. The summed E-state index contributed by atoms with van der Waals surface area (Å²) in [7, 11) is 1.51. The molecule has 0 aliphatic rings. The molecular formula is C10H11N3O2S. The highest BCUT2D eigenvalue weighted by Crippen LogP contribution is 2.32. The van der Waals surface area contributed by atoms with E-state index in [9.17, 15) is 5.11 Å².